The van der Waals surface area contributed by atoms with E-state index in [9.17, 15) is 5.11 Å². The Hall–Kier alpha value is -0.746. The second kappa shape index (κ2) is 9.45. The van der Waals surface area contributed by atoms with Crippen molar-refractivity contribution in [3.05, 3.63) is 73.4 Å². The predicted octanol–water partition coefficient (Wildman–Crippen LogP) is 5.58. The Morgan fingerprint density at radius 1 is 0.846 bits per heavy atom. The Morgan fingerprint density at radius 2 is 1.35 bits per heavy atom. The van der Waals surface area contributed by atoms with Gasteiger partial charge >= 0.3 is 0 Å². The van der Waals surface area contributed by atoms with Crippen LogP contribution in [-0.4, -0.2) is 26.6 Å². The van der Waals surface area contributed by atoms with Crippen LogP contribution in [0.3, 0.4) is 0 Å². The minimum absolute atomic E-state index is 0. The van der Waals surface area contributed by atoms with Gasteiger partial charge in [-0.25, -0.2) is 0 Å². The van der Waals surface area contributed by atoms with Crippen molar-refractivity contribution in [2.75, 3.05) is 6.16 Å². The number of aromatic nitrogens is 1. The molecule has 0 amide bonds. The van der Waals surface area contributed by atoms with E-state index >= 15 is 0 Å². The van der Waals surface area contributed by atoms with Crippen molar-refractivity contribution in [2.45, 2.75) is 57.5 Å². The van der Waals surface area contributed by atoms with Crippen LogP contribution in [-0.2, 0) is 22.1 Å². The predicted molar refractivity (Wildman–Crippen MR) is 113 cm³/mol. The molecule has 0 spiro atoms. The first-order chi connectivity index (χ1) is 11.0. The van der Waals surface area contributed by atoms with E-state index < -0.39 is 13.5 Å². The molecule has 2 nitrogen and oxygen atoms in total. The van der Waals surface area contributed by atoms with Crippen molar-refractivity contribution < 1.29 is 21.6 Å². The van der Waals surface area contributed by atoms with Crippen LogP contribution < -0.4 is 0 Å². The van der Waals surface area contributed by atoms with Crippen molar-refractivity contribution in [3.63, 3.8) is 0 Å². The normalized spacial score (nSPS) is 14.2. The molecule has 0 fully saturated rings. The van der Waals surface area contributed by atoms with Crippen molar-refractivity contribution in [3.8, 4) is 0 Å². The molecule has 1 aromatic carbocycles. The van der Waals surface area contributed by atoms with Crippen molar-refractivity contribution in [1.29, 1.82) is 0 Å². The summed E-state index contributed by atoms with van der Waals surface area (Å²) in [5, 5.41) is 12.2. The van der Waals surface area contributed by atoms with Gasteiger partial charge < -0.3 is 12.5 Å². The Balaban J connectivity index is 0.00000312. The molecule has 0 saturated carbocycles. The third-order valence-corrected chi connectivity index (χ3v) is 9.07. The second-order valence-corrected chi connectivity index (χ2v) is 12.9. The summed E-state index contributed by atoms with van der Waals surface area (Å²) in [6, 6.07) is 15.8. The number of nitrogens with zero attached hydrogens (tertiary/aromatic N) is 1. The molecular formula is C22H34NNiOP. The van der Waals surface area contributed by atoms with Gasteiger partial charge in [-0.15, -0.1) is 0 Å². The van der Waals surface area contributed by atoms with Crippen LogP contribution in [0.2, 0.25) is 0 Å². The summed E-state index contributed by atoms with van der Waals surface area (Å²) in [6.07, 6.45) is 2.51. The van der Waals surface area contributed by atoms with Crippen LogP contribution in [0.1, 0.15) is 52.8 Å². The maximum Gasteiger partial charge on any atom is 0.165 e. The number of benzene rings is 1. The second-order valence-electron chi connectivity index (χ2n) is 8.60. The average Bonchev–Trinajstić information content (AvgIpc) is 2.52. The summed E-state index contributed by atoms with van der Waals surface area (Å²) in [5.41, 5.74) is 0.629. The van der Waals surface area contributed by atoms with Gasteiger partial charge in [0.2, 0.25) is 0 Å². The molecule has 1 atom stereocenters. The molecule has 1 heterocycles. The maximum atomic E-state index is 11.8. The maximum absolute atomic E-state index is 11.8. The molecular weight excluding hydrogens is 384 g/mol. The van der Waals surface area contributed by atoms with E-state index in [-0.39, 0.29) is 34.2 Å². The zero-order chi connectivity index (χ0) is 18.0. The fraction of sp³-hybridized carbons (Fsp3) is 0.455. The average molecular weight is 418 g/mol. The minimum atomic E-state index is -1.04. The van der Waals surface area contributed by atoms with Crippen LogP contribution in [0.15, 0.2) is 54.7 Å². The molecule has 1 aromatic heterocycles. The molecule has 26 heavy (non-hydrogen) atoms. The molecule has 0 aliphatic rings. The summed E-state index contributed by atoms with van der Waals surface area (Å²) < 4.78 is 0. The van der Waals surface area contributed by atoms with E-state index in [1.165, 1.54) is 0 Å². The SMILES string of the molecule is CC(C)(C)[PH+](C[C@](O)(c1ccccc1)c1ccccn1)C(C)(C)C.[CH3-].[Ni]. The number of hydrogen-bond donors (Lipinski definition) is 1. The zero-order valence-electron chi connectivity index (χ0n) is 17.1. The molecule has 2 aromatic rings. The third kappa shape index (κ3) is 5.88. The van der Waals surface area contributed by atoms with Crippen molar-refractivity contribution in [2.24, 2.45) is 0 Å². The summed E-state index contributed by atoms with van der Waals surface area (Å²) >= 11 is 0. The van der Waals surface area contributed by atoms with Gasteiger partial charge in [-0.05, 0) is 59.2 Å². The van der Waals surface area contributed by atoms with Crippen molar-refractivity contribution >= 4 is 7.92 Å². The standard InChI is InChI=1S/C21H30NOP.CH3.Ni/c1-19(2,3)24(20(4,5)6)16-21(23,17-12-8-7-9-13-17)18-14-10-11-15-22-18;;/h7-15,23H,16H2,1-6H3;1H3;/q;-1;/p+1/t21-;;/m0../s1. The third-order valence-electron chi connectivity index (χ3n) is 4.58. The summed E-state index contributed by atoms with van der Waals surface area (Å²) in [4.78, 5) is 4.51. The van der Waals surface area contributed by atoms with E-state index in [0.717, 1.165) is 17.4 Å². The van der Waals surface area contributed by atoms with Gasteiger partial charge in [0.15, 0.2) is 5.60 Å². The number of hydrogen-bond acceptors (Lipinski definition) is 2. The van der Waals surface area contributed by atoms with E-state index in [1.807, 2.05) is 48.5 Å². The summed E-state index contributed by atoms with van der Waals surface area (Å²) in [6.45, 7) is 13.8. The molecule has 0 bridgehead atoms. The molecule has 0 unspecified atom stereocenters. The Kier molecular flexibility index (Phi) is 9.18. The monoisotopic (exact) mass is 417 g/mol. The number of rotatable bonds is 4. The summed E-state index contributed by atoms with van der Waals surface area (Å²) in [7, 11) is -0.916. The fourth-order valence-electron chi connectivity index (χ4n) is 3.57. The van der Waals surface area contributed by atoms with Gasteiger partial charge in [-0.2, -0.15) is 0 Å². The van der Waals surface area contributed by atoms with Gasteiger partial charge in [-0.3, -0.25) is 4.98 Å². The van der Waals surface area contributed by atoms with Crippen LogP contribution in [0.5, 0.6) is 0 Å². The van der Waals surface area contributed by atoms with Gasteiger partial charge in [0.25, 0.3) is 0 Å². The first kappa shape index (κ1) is 25.3. The van der Waals surface area contributed by atoms with Gasteiger partial charge in [-0.1, -0.05) is 36.4 Å². The minimum Gasteiger partial charge on any atom is -0.375 e. The smallest absolute Gasteiger partial charge is 0.165 e. The molecule has 4 heteroatoms. The molecule has 2 rings (SSSR count). The molecule has 0 aliphatic carbocycles. The largest absolute Gasteiger partial charge is 0.375 e. The van der Waals surface area contributed by atoms with Crippen LogP contribution >= 0.6 is 7.92 Å². The number of aliphatic hydroxyl groups is 1. The first-order valence-corrected chi connectivity index (χ1v) is 10.3. The summed E-state index contributed by atoms with van der Waals surface area (Å²) in [5.74, 6) is 0. The first-order valence-electron chi connectivity index (χ1n) is 8.61. The molecule has 1 N–H and O–H groups in total. The van der Waals surface area contributed by atoms with E-state index in [1.54, 1.807) is 6.20 Å². The Bertz CT molecular complexity index is 594. The Morgan fingerprint density at radius 3 is 1.77 bits per heavy atom. The topological polar surface area (TPSA) is 33.1 Å². The van der Waals surface area contributed by atoms with Gasteiger partial charge in [0.1, 0.15) is 0 Å². The number of pyridine rings is 1. The van der Waals surface area contributed by atoms with Gasteiger partial charge in [0.05, 0.1) is 22.2 Å². The molecule has 148 valence electrons. The molecule has 0 radical (unpaired) electrons. The molecule has 0 aliphatic heterocycles. The molecule has 0 saturated heterocycles. The quantitative estimate of drug-likeness (QED) is 0.400. The van der Waals surface area contributed by atoms with Crippen LogP contribution in [0.4, 0.5) is 0 Å². The van der Waals surface area contributed by atoms with Crippen LogP contribution in [0, 0.1) is 7.43 Å². The van der Waals surface area contributed by atoms with Crippen LogP contribution in [0.25, 0.3) is 0 Å². The van der Waals surface area contributed by atoms with E-state index in [2.05, 4.69) is 46.5 Å². The van der Waals surface area contributed by atoms with Gasteiger partial charge in [0, 0.05) is 30.6 Å². The van der Waals surface area contributed by atoms with Crippen molar-refractivity contribution in [1.82, 2.24) is 4.98 Å². The van der Waals surface area contributed by atoms with E-state index in [4.69, 9.17) is 0 Å². The Labute approximate surface area is 171 Å². The fourth-order valence-corrected chi connectivity index (χ4v) is 7.78. The van der Waals surface area contributed by atoms with E-state index in [0.29, 0.717) is 0 Å². The zero-order valence-corrected chi connectivity index (χ0v) is 19.1.